The van der Waals surface area contributed by atoms with Crippen molar-refractivity contribution in [2.75, 3.05) is 18.9 Å². The van der Waals surface area contributed by atoms with Gasteiger partial charge in [-0.1, -0.05) is 20.8 Å². The second-order valence-electron chi connectivity index (χ2n) is 6.30. The molecule has 1 fully saturated rings. The van der Waals surface area contributed by atoms with Gasteiger partial charge < -0.3 is 5.32 Å². The van der Waals surface area contributed by atoms with Crippen LogP contribution in [0.2, 0.25) is 0 Å². The minimum absolute atomic E-state index is 0.0346. The number of hydrogen-bond donors (Lipinski definition) is 1. The van der Waals surface area contributed by atoms with Gasteiger partial charge in [-0.3, -0.25) is 4.90 Å². The van der Waals surface area contributed by atoms with Gasteiger partial charge >= 0.3 is 0 Å². The van der Waals surface area contributed by atoms with E-state index in [9.17, 15) is 0 Å². The zero-order valence-corrected chi connectivity index (χ0v) is 12.8. The smallest absolute Gasteiger partial charge is 0.202 e. The Morgan fingerprint density at radius 3 is 2.61 bits per heavy atom. The maximum absolute atomic E-state index is 4.55. The lowest BCUT2D eigenvalue weighted by Crippen LogP contribution is -2.36. The SMILES string of the molecule is CC(CNc1nc(C(C)(C)C)ns1)N(C)C1CC1. The summed E-state index contributed by atoms with van der Waals surface area (Å²) in [6.45, 7) is 9.62. The molecule has 0 spiro atoms. The number of nitrogens with zero attached hydrogens (tertiary/aromatic N) is 3. The van der Waals surface area contributed by atoms with Crippen molar-refractivity contribution < 1.29 is 0 Å². The normalized spacial score (nSPS) is 18.1. The quantitative estimate of drug-likeness (QED) is 0.891. The van der Waals surface area contributed by atoms with E-state index in [0.29, 0.717) is 6.04 Å². The van der Waals surface area contributed by atoms with E-state index in [4.69, 9.17) is 0 Å². The third-order valence-corrected chi connectivity index (χ3v) is 4.14. The fourth-order valence-electron chi connectivity index (χ4n) is 1.82. The van der Waals surface area contributed by atoms with Crippen LogP contribution in [-0.4, -0.2) is 39.9 Å². The maximum atomic E-state index is 4.55. The van der Waals surface area contributed by atoms with Crippen LogP contribution in [0.1, 0.15) is 46.4 Å². The molecule has 0 amide bonds. The summed E-state index contributed by atoms with van der Waals surface area (Å²) in [7, 11) is 2.21. The lowest BCUT2D eigenvalue weighted by molar-refractivity contribution is 0.257. The van der Waals surface area contributed by atoms with Crippen LogP contribution in [0.5, 0.6) is 0 Å². The summed E-state index contributed by atoms with van der Waals surface area (Å²) in [5.41, 5.74) is 0.0346. The average molecular weight is 268 g/mol. The number of rotatable bonds is 5. The summed E-state index contributed by atoms with van der Waals surface area (Å²) >= 11 is 1.46. The highest BCUT2D eigenvalue weighted by atomic mass is 32.1. The predicted molar refractivity (Wildman–Crippen MR) is 77.3 cm³/mol. The Bertz CT molecular complexity index is 392. The Morgan fingerprint density at radius 1 is 1.44 bits per heavy atom. The molecule has 5 heteroatoms. The van der Waals surface area contributed by atoms with E-state index in [1.807, 2.05) is 0 Å². The molecule has 0 saturated heterocycles. The van der Waals surface area contributed by atoms with Crippen molar-refractivity contribution >= 4 is 16.7 Å². The van der Waals surface area contributed by atoms with Gasteiger partial charge in [-0.15, -0.1) is 0 Å². The van der Waals surface area contributed by atoms with Crippen LogP contribution in [0.25, 0.3) is 0 Å². The molecular weight excluding hydrogens is 244 g/mol. The summed E-state index contributed by atoms with van der Waals surface area (Å²) < 4.78 is 4.41. The molecule has 1 aromatic rings. The molecule has 1 saturated carbocycles. The van der Waals surface area contributed by atoms with E-state index < -0.39 is 0 Å². The molecule has 0 aliphatic heterocycles. The molecule has 1 aliphatic carbocycles. The molecule has 4 nitrogen and oxygen atoms in total. The fourth-order valence-corrected chi connectivity index (χ4v) is 2.58. The van der Waals surface area contributed by atoms with Crippen molar-refractivity contribution in [1.82, 2.24) is 14.3 Å². The first-order chi connectivity index (χ1) is 8.38. The zero-order valence-electron chi connectivity index (χ0n) is 12.0. The Balaban J connectivity index is 1.84. The van der Waals surface area contributed by atoms with Crippen LogP contribution < -0.4 is 5.32 Å². The Hall–Kier alpha value is -0.680. The number of aromatic nitrogens is 2. The van der Waals surface area contributed by atoms with E-state index in [-0.39, 0.29) is 5.41 Å². The molecule has 2 rings (SSSR count). The monoisotopic (exact) mass is 268 g/mol. The van der Waals surface area contributed by atoms with Gasteiger partial charge in [0.1, 0.15) is 5.82 Å². The number of hydrogen-bond acceptors (Lipinski definition) is 5. The molecule has 0 aromatic carbocycles. The van der Waals surface area contributed by atoms with Gasteiger partial charge in [-0.2, -0.15) is 4.37 Å². The van der Waals surface area contributed by atoms with E-state index >= 15 is 0 Å². The Morgan fingerprint density at radius 2 is 2.11 bits per heavy atom. The summed E-state index contributed by atoms with van der Waals surface area (Å²) in [5, 5.41) is 4.34. The van der Waals surface area contributed by atoms with Gasteiger partial charge in [0.25, 0.3) is 0 Å². The van der Waals surface area contributed by atoms with E-state index in [0.717, 1.165) is 23.5 Å². The van der Waals surface area contributed by atoms with E-state index in [2.05, 4.69) is 54.3 Å². The van der Waals surface area contributed by atoms with Gasteiger partial charge in [-0.25, -0.2) is 4.98 Å². The van der Waals surface area contributed by atoms with Gasteiger partial charge in [0, 0.05) is 35.6 Å². The average Bonchev–Trinajstić information content (AvgIpc) is 3.02. The van der Waals surface area contributed by atoms with Crippen molar-refractivity contribution in [3.63, 3.8) is 0 Å². The van der Waals surface area contributed by atoms with Crippen LogP contribution in [0.3, 0.4) is 0 Å². The fraction of sp³-hybridized carbons (Fsp3) is 0.846. The minimum Gasteiger partial charge on any atom is -0.359 e. The molecule has 1 heterocycles. The van der Waals surface area contributed by atoms with Crippen molar-refractivity contribution in [1.29, 1.82) is 0 Å². The van der Waals surface area contributed by atoms with Crippen molar-refractivity contribution in [2.24, 2.45) is 0 Å². The van der Waals surface area contributed by atoms with Crippen molar-refractivity contribution in [2.45, 2.75) is 58.0 Å². The lowest BCUT2D eigenvalue weighted by Gasteiger charge is -2.24. The molecule has 1 N–H and O–H groups in total. The lowest BCUT2D eigenvalue weighted by atomic mass is 9.96. The second kappa shape index (κ2) is 5.13. The standard InChI is InChI=1S/C13H24N4S/c1-9(17(5)10-6-7-10)8-14-12-15-11(16-18-12)13(2,3)4/h9-10H,6-8H2,1-5H3,(H,14,15,16). The summed E-state index contributed by atoms with van der Waals surface area (Å²) in [4.78, 5) is 7.01. The molecule has 102 valence electrons. The van der Waals surface area contributed by atoms with Gasteiger partial charge in [0.05, 0.1) is 0 Å². The van der Waals surface area contributed by atoms with E-state index in [1.165, 1.54) is 24.4 Å². The van der Waals surface area contributed by atoms with Crippen LogP contribution >= 0.6 is 11.5 Å². The molecule has 18 heavy (non-hydrogen) atoms. The van der Waals surface area contributed by atoms with Crippen molar-refractivity contribution in [3.8, 4) is 0 Å². The first kappa shape index (κ1) is 13.7. The molecule has 1 aromatic heterocycles. The Labute approximate surface area is 114 Å². The molecule has 0 radical (unpaired) electrons. The van der Waals surface area contributed by atoms with Gasteiger partial charge in [0.2, 0.25) is 5.13 Å². The summed E-state index contributed by atoms with van der Waals surface area (Å²) in [6, 6.07) is 1.35. The minimum atomic E-state index is 0.0346. The maximum Gasteiger partial charge on any atom is 0.202 e. The molecule has 0 bridgehead atoms. The highest BCUT2D eigenvalue weighted by Crippen LogP contribution is 2.27. The van der Waals surface area contributed by atoms with Crippen LogP contribution in [0.4, 0.5) is 5.13 Å². The first-order valence-corrected chi connectivity index (χ1v) is 7.45. The predicted octanol–water partition coefficient (Wildman–Crippen LogP) is 2.73. The largest absolute Gasteiger partial charge is 0.359 e. The Kier molecular flexibility index (Phi) is 3.92. The zero-order chi connectivity index (χ0) is 13.3. The van der Waals surface area contributed by atoms with Crippen LogP contribution in [-0.2, 0) is 5.41 Å². The number of likely N-dealkylation sites (N-methyl/N-ethyl adjacent to an activating group) is 1. The molecule has 1 unspecified atom stereocenters. The highest BCUT2D eigenvalue weighted by Gasteiger charge is 2.29. The van der Waals surface area contributed by atoms with Crippen LogP contribution in [0.15, 0.2) is 0 Å². The van der Waals surface area contributed by atoms with Crippen molar-refractivity contribution in [3.05, 3.63) is 5.82 Å². The number of nitrogens with one attached hydrogen (secondary N) is 1. The highest BCUT2D eigenvalue weighted by molar-refractivity contribution is 7.09. The molecular formula is C13H24N4S. The summed E-state index contributed by atoms with van der Waals surface area (Å²) in [6.07, 6.45) is 2.71. The number of anilines is 1. The first-order valence-electron chi connectivity index (χ1n) is 6.68. The summed E-state index contributed by atoms with van der Waals surface area (Å²) in [5.74, 6) is 0.929. The molecule has 1 atom stereocenters. The van der Waals surface area contributed by atoms with Crippen LogP contribution in [0, 0.1) is 0 Å². The third kappa shape index (κ3) is 3.42. The third-order valence-electron chi connectivity index (χ3n) is 3.46. The topological polar surface area (TPSA) is 41.1 Å². The van der Waals surface area contributed by atoms with E-state index in [1.54, 1.807) is 0 Å². The molecule has 1 aliphatic rings. The second-order valence-corrected chi connectivity index (χ2v) is 7.05. The van der Waals surface area contributed by atoms with Gasteiger partial charge in [0.15, 0.2) is 0 Å². The van der Waals surface area contributed by atoms with Gasteiger partial charge in [-0.05, 0) is 26.8 Å².